The molecule has 0 spiro atoms. The fourth-order valence-electron chi connectivity index (χ4n) is 1.90. The maximum Gasteiger partial charge on any atom is 0.0795 e. The molecule has 88 valence electrons. The van der Waals surface area contributed by atoms with Crippen LogP contribution in [-0.4, -0.2) is 5.11 Å². The molecule has 0 bridgehead atoms. The van der Waals surface area contributed by atoms with E-state index in [2.05, 4.69) is 33.4 Å². The first-order valence-corrected chi connectivity index (χ1v) is 5.85. The molecule has 1 heteroatoms. The Bertz CT molecular complexity index is 347. The van der Waals surface area contributed by atoms with Gasteiger partial charge in [0, 0.05) is 0 Å². The minimum absolute atomic E-state index is 0.0752. The number of aliphatic hydroxyl groups is 1. The highest BCUT2D eigenvalue weighted by molar-refractivity contribution is 5.34. The Labute approximate surface area is 98.8 Å². The monoisotopic (exact) mass is 218 g/mol. The lowest BCUT2D eigenvalue weighted by atomic mass is 9.82. The van der Waals surface area contributed by atoms with Crippen LogP contribution in [0.15, 0.2) is 36.9 Å². The quantitative estimate of drug-likeness (QED) is 0.758. The Balaban J connectivity index is 2.99. The van der Waals surface area contributed by atoms with Crippen LogP contribution in [0.3, 0.4) is 0 Å². The summed E-state index contributed by atoms with van der Waals surface area (Å²) in [5.41, 5.74) is 2.36. The summed E-state index contributed by atoms with van der Waals surface area (Å²) < 4.78 is 0. The molecule has 16 heavy (non-hydrogen) atoms. The van der Waals surface area contributed by atoms with Crippen LogP contribution in [0.25, 0.3) is 0 Å². The minimum atomic E-state index is -0.381. The number of benzene rings is 1. The highest BCUT2D eigenvalue weighted by Gasteiger charge is 2.20. The molecule has 1 rings (SSSR count). The van der Waals surface area contributed by atoms with E-state index < -0.39 is 0 Å². The average molecular weight is 218 g/mol. The van der Waals surface area contributed by atoms with Crippen LogP contribution in [0.1, 0.15) is 50.8 Å². The Morgan fingerprint density at radius 2 is 1.94 bits per heavy atom. The van der Waals surface area contributed by atoms with Crippen molar-refractivity contribution in [3.63, 3.8) is 0 Å². The molecule has 0 amide bonds. The highest BCUT2D eigenvalue weighted by Crippen LogP contribution is 2.31. The molecule has 1 atom stereocenters. The van der Waals surface area contributed by atoms with Gasteiger partial charge in [0.25, 0.3) is 0 Å². The number of aliphatic hydroxyl groups excluding tert-OH is 1. The van der Waals surface area contributed by atoms with E-state index in [0.29, 0.717) is 0 Å². The van der Waals surface area contributed by atoms with Gasteiger partial charge in [0.1, 0.15) is 0 Å². The van der Waals surface area contributed by atoms with Crippen molar-refractivity contribution in [3.8, 4) is 0 Å². The van der Waals surface area contributed by atoms with Gasteiger partial charge in [-0.15, -0.1) is 6.58 Å². The van der Waals surface area contributed by atoms with Gasteiger partial charge in [0.2, 0.25) is 0 Å². The summed E-state index contributed by atoms with van der Waals surface area (Å²) in [7, 11) is 0. The Kier molecular flexibility index (Phi) is 4.31. The van der Waals surface area contributed by atoms with Gasteiger partial charge in [-0.25, -0.2) is 0 Å². The van der Waals surface area contributed by atoms with Crippen molar-refractivity contribution in [3.05, 3.63) is 48.0 Å². The van der Waals surface area contributed by atoms with E-state index in [0.717, 1.165) is 18.4 Å². The largest absolute Gasteiger partial charge is 0.388 e. The summed E-state index contributed by atoms with van der Waals surface area (Å²) in [6.45, 7) is 10.2. The molecule has 0 saturated heterocycles. The van der Waals surface area contributed by atoms with Crippen LogP contribution in [0.2, 0.25) is 0 Å². The van der Waals surface area contributed by atoms with Crippen molar-refractivity contribution < 1.29 is 5.11 Å². The van der Waals surface area contributed by atoms with Crippen LogP contribution in [0.5, 0.6) is 0 Å². The van der Waals surface area contributed by atoms with E-state index in [1.807, 2.05) is 24.3 Å². The van der Waals surface area contributed by atoms with Gasteiger partial charge >= 0.3 is 0 Å². The first-order valence-electron chi connectivity index (χ1n) is 5.85. The second-order valence-electron chi connectivity index (χ2n) is 5.22. The van der Waals surface area contributed by atoms with Crippen molar-refractivity contribution in [2.75, 3.05) is 0 Å². The van der Waals surface area contributed by atoms with Crippen molar-refractivity contribution in [2.24, 2.45) is 0 Å². The fraction of sp³-hybridized carbons (Fsp3) is 0.467. The summed E-state index contributed by atoms with van der Waals surface area (Å²) in [6, 6.07) is 8.15. The molecule has 0 heterocycles. The van der Waals surface area contributed by atoms with Gasteiger partial charge in [-0.2, -0.15) is 0 Å². The molecule has 1 unspecified atom stereocenters. The second kappa shape index (κ2) is 5.31. The molecule has 1 N–H and O–H groups in total. The number of hydrogen-bond donors (Lipinski definition) is 1. The molecule has 0 saturated carbocycles. The van der Waals surface area contributed by atoms with Gasteiger partial charge < -0.3 is 5.11 Å². The van der Waals surface area contributed by atoms with Crippen molar-refractivity contribution in [1.82, 2.24) is 0 Å². The summed E-state index contributed by atoms with van der Waals surface area (Å²) in [5.74, 6) is 0. The van der Waals surface area contributed by atoms with E-state index in [9.17, 15) is 5.11 Å². The van der Waals surface area contributed by atoms with E-state index in [4.69, 9.17) is 0 Å². The van der Waals surface area contributed by atoms with Gasteiger partial charge in [0.15, 0.2) is 0 Å². The number of hydrogen-bond acceptors (Lipinski definition) is 1. The van der Waals surface area contributed by atoms with Crippen LogP contribution in [0.4, 0.5) is 0 Å². The lowest BCUT2D eigenvalue weighted by Crippen LogP contribution is -2.16. The smallest absolute Gasteiger partial charge is 0.0795 e. The maximum atomic E-state index is 10.1. The van der Waals surface area contributed by atoms with Gasteiger partial charge in [-0.1, -0.05) is 51.1 Å². The molecule has 0 aromatic heterocycles. The summed E-state index contributed by atoms with van der Waals surface area (Å²) >= 11 is 0. The molecule has 0 aliphatic rings. The fourth-order valence-corrected chi connectivity index (χ4v) is 1.90. The maximum absolute atomic E-state index is 10.1. The predicted octanol–water partition coefficient (Wildman–Crippen LogP) is 3.98. The third kappa shape index (κ3) is 3.21. The average Bonchev–Trinajstić information content (AvgIpc) is 2.24. The molecule has 0 aliphatic heterocycles. The molecule has 1 aromatic rings. The standard InChI is InChI=1S/C15H22O/c1-5-6-11-14(16)12-9-7-8-10-13(12)15(2,3)4/h5,7-10,14,16H,1,6,11H2,2-4H3. The van der Waals surface area contributed by atoms with Crippen molar-refractivity contribution >= 4 is 0 Å². The van der Waals surface area contributed by atoms with Crippen LogP contribution in [0, 0.1) is 0 Å². The third-order valence-corrected chi connectivity index (χ3v) is 2.77. The zero-order valence-corrected chi connectivity index (χ0v) is 10.5. The summed E-state index contributed by atoms with van der Waals surface area (Å²) in [5, 5.41) is 10.1. The van der Waals surface area contributed by atoms with E-state index in [-0.39, 0.29) is 11.5 Å². The van der Waals surface area contributed by atoms with Gasteiger partial charge in [-0.05, 0) is 29.4 Å². The molecule has 0 radical (unpaired) electrons. The first-order chi connectivity index (χ1) is 7.46. The first kappa shape index (κ1) is 13.0. The number of rotatable bonds is 4. The topological polar surface area (TPSA) is 20.2 Å². The summed E-state index contributed by atoms with van der Waals surface area (Å²) in [6.07, 6.45) is 3.06. The molecule has 1 nitrogen and oxygen atoms in total. The van der Waals surface area contributed by atoms with E-state index >= 15 is 0 Å². The molecule has 1 aromatic carbocycles. The van der Waals surface area contributed by atoms with Crippen LogP contribution < -0.4 is 0 Å². The highest BCUT2D eigenvalue weighted by atomic mass is 16.3. The van der Waals surface area contributed by atoms with Crippen LogP contribution in [-0.2, 0) is 5.41 Å². The molecule has 0 fully saturated rings. The number of allylic oxidation sites excluding steroid dienone is 1. The SMILES string of the molecule is C=CCCC(O)c1ccccc1C(C)(C)C. The molecular weight excluding hydrogens is 196 g/mol. The lowest BCUT2D eigenvalue weighted by molar-refractivity contribution is 0.166. The van der Waals surface area contributed by atoms with Gasteiger partial charge in [0.05, 0.1) is 6.10 Å². The van der Waals surface area contributed by atoms with E-state index in [1.54, 1.807) is 0 Å². The lowest BCUT2D eigenvalue weighted by Gasteiger charge is -2.25. The Morgan fingerprint density at radius 3 is 2.50 bits per heavy atom. The molecular formula is C15H22O. The van der Waals surface area contributed by atoms with Crippen molar-refractivity contribution in [2.45, 2.75) is 45.1 Å². The summed E-state index contributed by atoms with van der Waals surface area (Å²) in [4.78, 5) is 0. The Hall–Kier alpha value is -1.08. The zero-order valence-electron chi connectivity index (χ0n) is 10.5. The van der Waals surface area contributed by atoms with Crippen LogP contribution >= 0.6 is 0 Å². The van der Waals surface area contributed by atoms with E-state index in [1.165, 1.54) is 5.56 Å². The van der Waals surface area contributed by atoms with Crippen molar-refractivity contribution in [1.29, 1.82) is 0 Å². The minimum Gasteiger partial charge on any atom is -0.388 e. The second-order valence-corrected chi connectivity index (χ2v) is 5.22. The van der Waals surface area contributed by atoms with Gasteiger partial charge in [-0.3, -0.25) is 0 Å². The zero-order chi connectivity index (χ0) is 12.2. The third-order valence-electron chi connectivity index (χ3n) is 2.77. The predicted molar refractivity (Wildman–Crippen MR) is 69.5 cm³/mol. The normalized spacial score (nSPS) is 13.5. The Morgan fingerprint density at radius 1 is 1.31 bits per heavy atom. The molecule has 0 aliphatic carbocycles.